The van der Waals surface area contributed by atoms with Gasteiger partial charge in [0.25, 0.3) is 0 Å². The van der Waals surface area contributed by atoms with Crippen LogP contribution in [-0.4, -0.2) is 20.9 Å². The van der Waals surface area contributed by atoms with E-state index in [4.69, 9.17) is 5.11 Å². The summed E-state index contributed by atoms with van der Waals surface area (Å²) in [6.45, 7) is 0. The van der Waals surface area contributed by atoms with Crippen molar-refractivity contribution in [3.05, 3.63) is 48.0 Å². The van der Waals surface area contributed by atoms with Gasteiger partial charge in [-0.1, -0.05) is 12.1 Å². The second-order valence-electron chi connectivity index (χ2n) is 3.27. The Morgan fingerprint density at radius 3 is 2.81 bits per heavy atom. The monoisotopic (exact) mass is 220 g/mol. The Kier molecular flexibility index (Phi) is 2.68. The highest BCUT2D eigenvalue weighted by Gasteiger charge is 2.07. The van der Waals surface area contributed by atoms with Crippen molar-refractivity contribution in [1.82, 2.24) is 9.78 Å². The van der Waals surface area contributed by atoms with Gasteiger partial charge in [0.05, 0.1) is 12.1 Å². The third-order valence-corrected chi connectivity index (χ3v) is 2.08. The molecule has 0 spiro atoms. The molecule has 82 valence electrons. The van der Waals surface area contributed by atoms with Gasteiger partial charge in [0.2, 0.25) is 0 Å². The molecule has 1 N–H and O–H groups in total. The van der Waals surface area contributed by atoms with Crippen molar-refractivity contribution in [2.45, 2.75) is 6.42 Å². The third kappa shape index (κ3) is 2.08. The zero-order valence-electron chi connectivity index (χ0n) is 8.30. The Labute approximate surface area is 90.9 Å². The molecule has 0 aliphatic carbocycles. The normalized spacial score (nSPS) is 10.3. The maximum Gasteiger partial charge on any atom is 0.309 e. The van der Waals surface area contributed by atoms with Crippen LogP contribution < -0.4 is 0 Å². The number of rotatable bonds is 3. The van der Waals surface area contributed by atoms with Gasteiger partial charge < -0.3 is 5.11 Å². The average Bonchev–Trinajstić information content (AvgIpc) is 2.66. The van der Waals surface area contributed by atoms with E-state index in [0.29, 0.717) is 11.4 Å². The molecule has 0 saturated heterocycles. The molecule has 16 heavy (non-hydrogen) atoms. The summed E-state index contributed by atoms with van der Waals surface area (Å²) >= 11 is 0. The molecule has 5 heteroatoms. The van der Waals surface area contributed by atoms with Gasteiger partial charge in [0.1, 0.15) is 11.5 Å². The summed E-state index contributed by atoms with van der Waals surface area (Å²) in [6.07, 6.45) is 1.37. The van der Waals surface area contributed by atoms with Crippen LogP contribution in [0.15, 0.2) is 36.5 Å². The number of aromatic nitrogens is 2. The minimum absolute atomic E-state index is 0.165. The van der Waals surface area contributed by atoms with Crippen molar-refractivity contribution in [3.63, 3.8) is 0 Å². The zero-order valence-corrected chi connectivity index (χ0v) is 8.30. The molecule has 2 rings (SSSR count). The molecule has 0 saturated carbocycles. The summed E-state index contributed by atoms with van der Waals surface area (Å²) in [5, 5.41) is 12.6. The van der Waals surface area contributed by atoms with Crippen LogP contribution in [0.5, 0.6) is 0 Å². The number of nitrogens with zero attached hydrogens (tertiary/aromatic N) is 2. The maximum atomic E-state index is 13.4. The van der Waals surface area contributed by atoms with Crippen LogP contribution in [-0.2, 0) is 11.2 Å². The number of carboxylic acids is 1. The van der Waals surface area contributed by atoms with Gasteiger partial charge in [-0.3, -0.25) is 4.79 Å². The first-order valence-corrected chi connectivity index (χ1v) is 4.68. The average molecular weight is 220 g/mol. The van der Waals surface area contributed by atoms with Gasteiger partial charge in [0, 0.05) is 6.20 Å². The highest BCUT2D eigenvalue weighted by Crippen LogP contribution is 2.12. The molecule has 0 radical (unpaired) electrons. The Hall–Kier alpha value is -2.17. The minimum atomic E-state index is -0.959. The van der Waals surface area contributed by atoms with Crippen LogP contribution >= 0.6 is 0 Å². The van der Waals surface area contributed by atoms with Gasteiger partial charge in [-0.2, -0.15) is 5.10 Å². The Bertz CT molecular complexity index is 522. The highest BCUT2D eigenvalue weighted by atomic mass is 19.1. The van der Waals surface area contributed by atoms with Gasteiger partial charge in [-0.25, -0.2) is 9.07 Å². The molecule has 1 heterocycles. The number of carbonyl (C=O) groups is 1. The molecule has 0 amide bonds. The number of para-hydroxylation sites is 1. The summed E-state index contributed by atoms with van der Waals surface area (Å²) in [5.74, 6) is -1.36. The summed E-state index contributed by atoms with van der Waals surface area (Å²) < 4.78 is 14.7. The first-order valence-electron chi connectivity index (χ1n) is 4.68. The standard InChI is InChI=1S/C11H9FN2O2/c12-9-3-1-2-4-10(9)14-6-5-8(13-14)7-11(15)16/h1-6H,7H2,(H,15,16). The van der Waals surface area contributed by atoms with Crippen LogP contribution in [0.25, 0.3) is 5.69 Å². The number of carboxylic acid groups (broad SMARTS) is 1. The van der Waals surface area contributed by atoms with Crippen molar-refractivity contribution in [3.8, 4) is 5.69 Å². The van der Waals surface area contributed by atoms with Crippen molar-refractivity contribution < 1.29 is 14.3 Å². The van der Waals surface area contributed by atoms with E-state index in [1.165, 1.54) is 16.9 Å². The lowest BCUT2D eigenvalue weighted by Gasteiger charge is -2.01. The lowest BCUT2D eigenvalue weighted by Crippen LogP contribution is -2.03. The number of hydrogen-bond donors (Lipinski definition) is 1. The van der Waals surface area contributed by atoms with Crippen molar-refractivity contribution in [1.29, 1.82) is 0 Å². The van der Waals surface area contributed by atoms with Crippen LogP contribution in [0.3, 0.4) is 0 Å². The second kappa shape index (κ2) is 4.14. The van der Waals surface area contributed by atoms with E-state index < -0.39 is 11.8 Å². The maximum absolute atomic E-state index is 13.4. The fourth-order valence-corrected chi connectivity index (χ4v) is 1.38. The van der Waals surface area contributed by atoms with Crippen LogP contribution in [0.2, 0.25) is 0 Å². The van der Waals surface area contributed by atoms with Gasteiger partial charge in [-0.15, -0.1) is 0 Å². The second-order valence-corrected chi connectivity index (χ2v) is 3.27. The van der Waals surface area contributed by atoms with E-state index in [1.807, 2.05) is 0 Å². The fourth-order valence-electron chi connectivity index (χ4n) is 1.38. The molecule has 0 aliphatic rings. The molecule has 0 atom stereocenters. The first-order chi connectivity index (χ1) is 7.66. The Morgan fingerprint density at radius 2 is 2.12 bits per heavy atom. The smallest absolute Gasteiger partial charge is 0.309 e. The van der Waals surface area contributed by atoms with Gasteiger partial charge in [-0.05, 0) is 18.2 Å². The number of benzene rings is 1. The third-order valence-electron chi connectivity index (χ3n) is 2.08. The molecule has 1 aromatic heterocycles. The van der Waals surface area contributed by atoms with Gasteiger partial charge >= 0.3 is 5.97 Å². The first kappa shape index (κ1) is 10.4. The number of hydrogen-bond acceptors (Lipinski definition) is 2. The van der Waals surface area contributed by atoms with Crippen LogP contribution in [0, 0.1) is 5.82 Å². The van der Waals surface area contributed by atoms with Gasteiger partial charge in [0.15, 0.2) is 0 Å². The summed E-state index contributed by atoms with van der Waals surface area (Å²) in [6, 6.07) is 7.73. The lowest BCUT2D eigenvalue weighted by atomic mass is 10.3. The van der Waals surface area contributed by atoms with Crippen LogP contribution in [0.1, 0.15) is 5.69 Å². The Morgan fingerprint density at radius 1 is 1.38 bits per heavy atom. The fraction of sp³-hybridized carbons (Fsp3) is 0.0909. The zero-order chi connectivity index (χ0) is 11.5. The lowest BCUT2D eigenvalue weighted by molar-refractivity contribution is -0.136. The molecule has 0 unspecified atom stereocenters. The van der Waals surface area contributed by atoms with Crippen molar-refractivity contribution in [2.75, 3.05) is 0 Å². The molecule has 0 fully saturated rings. The molecule has 1 aromatic carbocycles. The molecule has 2 aromatic rings. The quantitative estimate of drug-likeness (QED) is 0.855. The van der Waals surface area contributed by atoms with Crippen molar-refractivity contribution >= 4 is 5.97 Å². The molecule has 0 bridgehead atoms. The van der Waals surface area contributed by atoms with E-state index in [1.54, 1.807) is 24.3 Å². The topological polar surface area (TPSA) is 55.1 Å². The minimum Gasteiger partial charge on any atom is -0.481 e. The summed E-state index contributed by atoms with van der Waals surface area (Å²) in [7, 11) is 0. The van der Waals surface area contributed by atoms with E-state index >= 15 is 0 Å². The van der Waals surface area contributed by atoms with E-state index in [2.05, 4.69) is 5.10 Å². The predicted octanol–water partition coefficient (Wildman–Crippen LogP) is 1.64. The van der Waals surface area contributed by atoms with Crippen molar-refractivity contribution in [2.24, 2.45) is 0 Å². The van der Waals surface area contributed by atoms with E-state index in [0.717, 1.165) is 0 Å². The highest BCUT2D eigenvalue weighted by molar-refractivity contribution is 5.69. The Balaban J connectivity index is 2.32. The number of halogens is 1. The molecular formula is C11H9FN2O2. The summed E-state index contributed by atoms with van der Waals surface area (Å²) in [4.78, 5) is 10.5. The molecule has 0 aliphatic heterocycles. The largest absolute Gasteiger partial charge is 0.481 e. The number of aliphatic carboxylic acids is 1. The van der Waals surface area contributed by atoms with E-state index in [9.17, 15) is 9.18 Å². The molecular weight excluding hydrogens is 211 g/mol. The van der Waals surface area contributed by atoms with Crippen LogP contribution in [0.4, 0.5) is 4.39 Å². The van der Waals surface area contributed by atoms with E-state index in [-0.39, 0.29) is 6.42 Å². The SMILES string of the molecule is O=C(O)Cc1ccn(-c2ccccc2F)n1. The predicted molar refractivity (Wildman–Crippen MR) is 54.9 cm³/mol. The summed E-state index contributed by atoms with van der Waals surface area (Å²) in [5.41, 5.74) is 0.704. The molecule has 4 nitrogen and oxygen atoms in total.